The molecule has 0 bridgehead atoms. The Morgan fingerprint density at radius 2 is 2.04 bits per heavy atom. The van der Waals surface area contributed by atoms with Gasteiger partial charge in [0.15, 0.2) is 0 Å². The molecule has 130 valence electrons. The number of benzene rings is 1. The topological polar surface area (TPSA) is 51.1 Å². The van der Waals surface area contributed by atoms with Crippen LogP contribution < -0.4 is 10.9 Å². The van der Waals surface area contributed by atoms with Gasteiger partial charge in [-0.05, 0) is 31.0 Å². The summed E-state index contributed by atoms with van der Waals surface area (Å²) in [6.45, 7) is 4.98. The predicted molar refractivity (Wildman–Crippen MR) is 106 cm³/mol. The van der Waals surface area contributed by atoms with Crippen molar-refractivity contribution in [1.82, 2.24) is 9.88 Å². The maximum Gasteiger partial charge on any atom is 0.260 e. The number of thiophene rings is 1. The Morgan fingerprint density at radius 1 is 1.28 bits per heavy atom. The number of halogens is 1. The van der Waals surface area contributed by atoms with E-state index in [0.717, 1.165) is 26.0 Å². The summed E-state index contributed by atoms with van der Waals surface area (Å²) in [7, 11) is 0. The van der Waals surface area contributed by atoms with Gasteiger partial charge < -0.3 is 9.88 Å². The second kappa shape index (κ2) is 7.54. The van der Waals surface area contributed by atoms with Gasteiger partial charge in [-0.15, -0.1) is 11.3 Å². The molecule has 0 saturated carbocycles. The van der Waals surface area contributed by atoms with Crippen LogP contribution in [0.5, 0.6) is 0 Å². The SMILES string of the molecule is CCCn1ccc2sc(C)c(C(=O)NCc3ccccc3Br)c2c1=O. The van der Waals surface area contributed by atoms with Crippen molar-refractivity contribution in [2.45, 2.75) is 33.4 Å². The number of carbonyl (C=O) groups excluding carboxylic acids is 1. The molecule has 0 aliphatic rings. The van der Waals surface area contributed by atoms with E-state index in [1.807, 2.05) is 50.4 Å². The largest absolute Gasteiger partial charge is 0.348 e. The Kier molecular flexibility index (Phi) is 5.39. The van der Waals surface area contributed by atoms with Gasteiger partial charge in [-0.25, -0.2) is 0 Å². The third kappa shape index (κ3) is 3.55. The number of fused-ring (bicyclic) bond motifs is 1. The Morgan fingerprint density at radius 3 is 2.76 bits per heavy atom. The molecule has 25 heavy (non-hydrogen) atoms. The van der Waals surface area contributed by atoms with Gasteiger partial charge in [0.25, 0.3) is 11.5 Å². The smallest absolute Gasteiger partial charge is 0.260 e. The van der Waals surface area contributed by atoms with Crippen molar-refractivity contribution in [2.24, 2.45) is 0 Å². The molecule has 0 spiro atoms. The van der Waals surface area contributed by atoms with Crippen LogP contribution in [0.3, 0.4) is 0 Å². The first kappa shape index (κ1) is 17.9. The predicted octanol–water partition coefficient (Wildman–Crippen LogP) is 4.47. The summed E-state index contributed by atoms with van der Waals surface area (Å²) in [5.41, 5.74) is 1.41. The highest BCUT2D eigenvalue weighted by Gasteiger charge is 2.20. The Hall–Kier alpha value is -1.92. The van der Waals surface area contributed by atoms with E-state index >= 15 is 0 Å². The first-order valence-electron chi connectivity index (χ1n) is 8.17. The molecule has 4 nitrogen and oxygen atoms in total. The third-order valence-electron chi connectivity index (χ3n) is 4.08. The lowest BCUT2D eigenvalue weighted by molar-refractivity contribution is 0.0952. The highest BCUT2D eigenvalue weighted by molar-refractivity contribution is 9.10. The average Bonchev–Trinajstić information content (AvgIpc) is 2.93. The summed E-state index contributed by atoms with van der Waals surface area (Å²) in [4.78, 5) is 26.4. The minimum absolute atomic E-state index is 0.0882. The summed E-state index contributed by atoms with van der Waals surface area (Å²) in [6, 6.07) is 9.69. The van der Waals surface area contributed by atoms with E-state index in [1.54, 1.807) is 4.57 Å². The van der Waals surface area contributed by atoms with Crippen LogP contribution in [0.1, 0.15) is 34.1 Å². The third-order valence-corrected chi connectivity index (χ3v) is 5.92. The number of aryl methyl sites for hydroxylation is 2. The standard InChI is InChI=1S/C19H19BrN2O2S/c1-3-9-22-10-8-15-17(19(22)24)16(12(2)25-15)18(23)21-11-13-6-4-5-7-14(13)20/h4-8,10H,3,9,11H2,1-2H3,(H,21,23). The van der Waals surface area contributed by atoms with E-state index in [1.165, 1.54) is 11.3 Å². The quantitative estimate of drug-likeness (QED) is 0.663. The van der Waals surface area contributed by atoms with Crippen molar-refractivity contribution < 1.29 is 4.79 Å². The number of carbonyl (C=O) groups is 1. The lowest BCUT2D eigenvalue weighted by Gasteiger charge is -2.08. The Labute approximate surface area is 158 Å². The molecular weight excluding hydrogens is 400 g/mol. The van der Waals surface area contributed by atoms with Gasteiger partial charge in [-0.2, -0.15) is 0 Å². The number of hydrogen-bond donors (Lipinski definition) is 1. The monoisotopic (exact) mass is 418 g/mol. The lowest BCUT2D eigenvalue weighted by Crippen LogP contribution is -2.26. The number of nitrogens with one attached hydrogen (secondary N) is 1. The van der Waals surface area contributed by atoms with Crippen LogP contribution in [0.25, 0.3) is 10.1 Å². The molecule has 0 unspecified atom stereocenters. The number of aromatic nitrogens is 1. The van der Waals surface area contributed by atoms with Gasteiger partial charge in [-0.1, -0.05) is 41.1 Å². The molecular formula is C19H19BrN2O2S. The molecule has 1 N–H and O–H groups in total. The number of nitrogens with zero attached hydrogens (tertiary/aromatic N) is 1. The summed E-state index contributed by atoms with van der Waals surface area (Å²) in [6.07, 6.45) is 2.69. The van der Waals surface area contributed by atoms with Crippen LogP contribution in [0.2, 0.25) is 0 Å². The molecule has 0 saturated heterocycles. The van der Waals surface area contributed by atoms with Gasteiger partial charge in [0.2, 0.25) is 0 Å². The molecule has 3 aromatic rings. The van der Waals surface area contributed by atoms with Crippen LogP contribution in [-0.2, 0) is 13.1 Å². The van der Waals surface area contributed by atoms with E-state index in [2.05, 4.69) is 21.2 Å². The van der Waals surface area contributed by atoms with Gasteiger partial charge in [-0.3, -0.25) is 9.59 Å². The zero-order chi connectivity index (χ0) is 18.0. The molecule has 2 heterocycles. The molecule has 0 aliphatic heterocycles. The summed E-state index contributed by atoms with van der Waals surface area (Å²) < 4.78 is 3.49. The highest BCUT2D eigenvalue weighted by atomic mass is 79.9. The molecule has 3 rings (SSSR count). The zero-order valence-corrected chi connectivity index (χ0v) is 16.5. The van der Waals surface area contributed by atoms with Gasteiger partial charge in [0.05, 0.1) is 10.9 Å². The fraction of sp³-hybridized carbons (Fsp3) is 0.263. The second-order valence-electron chi connectivity index (χ2n) is 5.86. The van der Waals surface area contributed by atoms with Crippen molar-refractivity contribution >= 4 is 43.3 Å². The van der Waals surface area contributed by atoms with Crippen molar-refractivity contribution in [3.8, 4) is 0 Å². The lowest BCUT2D eigenvalue weighted by atomic mass is 10.1. The van der Waals surface area contributed by atoms with E-state index < -0.39 is 0 Å². The van der Waals surface area contributed by atoms with Gasteiger partial charge in [0, 0.05) is 33.3 Å². The van der Waals surface area contributed by atoms with Gasteiger partial charge in [0.1, 0.15) is 0 Å². The second-order valence-corrected chi connectivity index (χ2v) is 7.97. The average molecular weight is 419 g/mol. The first-order valence-corrected chi connectivity index (χ1v) is 9.78. The molecule has 1 amide bonds. The molecule has 0 atom stereocenters. The number of rotatable bonds is 5. The fourth-order valence-corrected chi connectivity index (χ4v) is 4.33. The number of amides is 1. The summed E-state index contributed by atoms with van der Waals surface area (Å²) in [5, 5.41) is 3.47. The minimum atomic E-state index is -0.203. The first-order chi connectivity index (χ1) is 12.0. The minimum Gasteiger partial charge on any atom is -0.348 e. The maximum absolute atomic E-state index is 12.8. The maximum atomic E-state index is 12.8. The van der Waals surface area contributed by atoms with Crippen molar-refractivity contribution in [1.29, 1.82) is 0 Å². The Balaban J connectivity index is 1.95. The van der Waals surface area contributed by atoms with Crippen LogP contribution in [-0.4, -0.2) is 10.5 Å². The highest BCUT2D eigenvalue weighted by Crippen LogP contribution is 2.28. The molecule has 6 heteroatoms. The fourth-order valence-electron chi connectivity index (χ4n) is 2.86. The normalized spacial score (nSPS) is 11.0. The van der Waals surface area contributed by atoms with Crippen LogP contribution in [0.4, 0.5) is 0 Å². The van der Waals surface area contributed by atoms with Crippen molar-refractivity contribution in [2.75, 3.05) is 0 Å². The van der Waals surface area contributed by atoms with E-state index in [4.69, 9.17) is 0 Å². The van der Waals surface area contributed by atoms with Crippen molar-refractivity contribution in [3.63, 3.8) is 0 Å². The molecule has 2 aromatic heterocycles. The number of hydrogen-bond acceptors (Lipinski definition) is 3. The molecule has 0 fully saturated rings. The van der Waals surface area contributed by atoms with Gasteiger partial charge >= 0.3 is 0 Å². The van der Waals surface area contributed by atoms with Crippen LogP contribution >= 0.6 is 27.3 Å². The molecule has 0 radical (unpaired) electrons. The van der Waals surface area contributed by atoms with E-state index in [-0.39, 0.29) is 11.5 Å². The molecule has 0 aliphatic carbocycles. The van der Waals surface area contributed by atoms with E-state index in [9.17, 15) is 9.59 Å². The van der Waals surface area contributed by atoms with Crippen LogP contribution in [0.15, 0.2) is 45.8 Å². The Bertz CT molecular complexity index is 991. The number of pyridine rings is 1. The molecule has 1 aromatic carbocycles. The zero-order valence-electron chi connectivity index (χ0n) is 14.1. The summed E-state index contributed by atoms with van der Waals surface area (Å²) in [5.74, 6) is -0.203. The van der Waals surface area contributed by atoms with Crippen LogP contribution in [0, 0.1) is 6.92 Å². The van der Waals surface area contributed by atoms with Crippen molar-refractivity contribution in [3.05, 3.63) is 67.4 Å². The summed E-state index contributed by atoms with van der Waals surface area (Å²) >= 11 is 4.97. The van der Waals surface area contributed by atoms with E-state index in [0.29, 0.717) is 24.0 Å².